The number of nitrogens with zero attached hydrogens (tertiary/aromatic N) is 2. The van der Waals surface area contributed by atoms with Crippen LogP contribution in [0.4, 0.5) is 13.2 Å². The number of alkyl halides is 3. The molecule has 0 spiro atoms. The van der Waals surface area contributed by atoms with Crippen molar-refractivity contribution in [1.82, 2.24) is 14.5 Å². The molecule has 2 amide bonds. The van der Waals surface area contributed by atoms with Crippen molar-refractivity contribution in [3.05, 3.63) is 48.0 Å². The normalized spacial score (nSPS) is 19.2. The van der Waals surface area contributed by atoms with Gasteiger partial charge in [-0.3, -0.25) is 9.59 Å². The van der Waals surface area contributed by atoms with Crippen molar-refractivity contribution in [2.75, 3.05) is 26.2 Å². The van der Waals surface area contributed by atoms with Gasteiger partial charge in [-0.05, 0) is 37.1 Å². The van der Waals surface area contributed by atoms with Gasteiger partial charge in [-0.2, -0.15) is 17.5 Å². The number of nitrogens with one attached hydrogen (secondary N) is 1. The maximum atomic E-state index is 12.9. The molecule has 0 saturated carbocycles. The van der Waals surface area contributed by atoms with E-state index in [1.807, 2.05) is 0 Å². The zero-order valence-corrected chi connectivity index (χ0v) is 16.9. The summed E-state index contributed by atoms with van der Waals surface area (Å²) in [5.41, 5.74) is -0.976. The summed E-state index contributed by atoms with van der Waals surface area (Å²) >= 11 is 0. The molecule has 2 aliphatic rings. The summed E-state index contributed by atoms with van der Waals surface area (Å²) < 4.78 is 65.4. The molecule has 7 nitrogen and oxygen atoms in total. The van der Waals surface area contributed by atoms with E-state index >= 15 is 0 Å². The Balaban J connectivity index is 1.56. The lowest BCUT2D eigenvalue weighted by molar-refractivity contribution is -0.137. The molecule has 0 unspecified atom stereocenters. The van der Waals surface area contributed by atoms with Crippen molar-refractivity contribution in [3.8, 4) is 0 Å². The highest BCUT2D eigenvalue weighted by Crippen LogP contribution is 2.30. The van der Waals surface area contributed by atoms with Gasteiger partial charge in [0.1, 0.15) is 0 Å². The maximum Gasteiger partial charge on any atom is 0.416 e. The molecular weight excluding hydrogens is 423 g/mol. The van der Waals surface area contributed by atoms with Crippen molar-refractivity contribution in [1.29, 1.82) is 0 Å². The lowest BCUT2D eigenvalue weighted by Crippen LogP contribution is -2.62. The second-order valence-corrected chi connectivity index (χ2v) is 9.55. The summed E-state index contributed by atoms with van der Waals surface area (Å²) in [5, 5.41) is 1.96. The zero-order valence-electron chi connectivity index (χ0n) is 16.1. The van der Waals surface area contributed by atoms with Gasteiger partial charge >= 0.3 is 6.18 Å². The lowest BCUT2D eigenvalue weighted by Gasteiger charge is -2.42. The molecule has 0 radical (unpaired) electrons. The Morgan fingerprint density at radius 1 is 1.17 bits per heavy atom. The lowest BCUT2D eigenvalue weighted by atomic mass is 10.1. The second-order valence-electron chi connectivity index (χ2n) is 7.34. The van der Waals surface area contributed by atoms with Crippen LogP contribution in [-0.4, -0.2) is 66.9 Å². The van der Waals surface area contributed by atoms with Crippen molar-refractivity contribution in [3.63, 3.8) is 0 Å². The summed E-state index contributed by atoms with van der Waals surface area (Å²) in [6.45, 7) is 4.00. The fraction of sp³-hybridized carbons (Fsp3) is 0.474. The number of carbonyl (C=O) groups is 2. The second kappa shape index (κ2) is 8.38. The SMILES string of the molecule is C=CC(=O)NC1CN(S(=O)(=O)C2CCN(C(=O)c3cccc(C(F)(F)F)c3)CC2)C1. The Hall–Kier alpha value is -2.40. The van der Waals surface area contributed by atoms with Crippen LogP contribution in [0.2, 0.25) is 0 Å². The van der Waals surface area contributed by atoms with E-state index in [0.29, 0.717) is 0 Å². The molecule has 1 aromatic rings. The number of halogens is 3. The van der Waals surface area contributed by atoms with E-state index in [-0.39, 0.29) is 56.5 Å². The number of rotatable bonds is 5. The van der Waals surface area contributed by atoms with Crippen LogP contribution in [0.1, 0.15) is 28.8 Å². The molecule has 0 bridgehead atoms. The molecule has 2 aliphatic heterocycles. The highest BCUT2D eigenvalue weighted by Gasteiger charge is 2.42. The van der Waals surface area contributed by atoms with Gasteiger partial charge in [0.2, 0.25) is 15.9 Å². The third-order valence-corrected chi connectivity index (χ3v) is 7.66. The number of amides is 2. The summed E-state index contributed by atoms with van der Waals surface area (Å²) in [7, 11) is -3.57. The molecule has 30 heavy (non-hydrogen) atoms. The predicted octanol–water partition coefficient (Wildman–Crippen LogP) is 1.63. The van der Waals surface area contributed by atoms with Gasteiger partial charge in [0.05, 0.1) is 16.9 Å². The molecule has 164 valence electrons. The van der Waals surface area contributed by atoms with E-state index in [0.717, 1.165) is 18.2 Å². The fourth-order valence-corrected chi connectivity index (χ4v) is 5.58. The quantitative estimate of drug-likeness (QED) is 0.698. The minimum atomic E-state index is -4.54. The maximum absolute atomic E-state index is 12.9. The summed E-state index contributed by atoms with van der Waals surface area (Å²) in [6.07, 6.45) is -3.02. The summed E-state index contributed by atoms with van der Waals surface area (Å²) in [6, 6.07) is 3.94. The van der Waals surface area contributed by atoms with Crippen molar-refractivity contribution in [2.45, 2.75) is 30.3 Å². The Labute approximate surface area is 172 Å². The van der Waals surface area contributed by atoms with E-state index in [9.17, 15) is 31.2 Å². The van der Waals surface area contributed by atoms with Crippen LogP contribution in [0.5, 0.6) is 0 Å². The molecule has 2 fully saturated rings. The number of likely N-dealkylation sites (tertiary alicyclic amines) is 1. The summed E-state index contributed by atoms with van der Waals surface area (Å²) in [5.74, 6) is -0.911. The van der Waals surface area contributed by atoms with Crippen LogP contribution in [0.25, 0.3) is 0 Å². The molecule has 0 aliphatic carbocycles. The van der Waals surface area contributed by atoms with Crippen LogP contribution < -0.4 is 5.32 Å². The van der Waals surface area contributed by atoms with Gasteiger partial charge in [0.25, 0.3) is 5.91 Å². The number of hydrogen-bond acceptors (Lipinski definition) is 4. The minimum Gasteiger partial charge on any atom is -0.347 e. The van der Waals surface area contributed by atoms with Crippen LogP contribution in [0.3, 0.4) is 0 Å². The first kappa shape index (κ1) is 22.3. The fourth-order valence-electron chi connectivity index (χ4n) is 3.58. The van der Waals surface area contributed by atoms with Crippen LogP contribution in [0.15, 0.2) is 36.9 Å². The Kier molecular flexibility index (Phi) is 6.23. The standard InChI is InChI=1S/C19H22F3N3O4S/c1-2-17(26)23-15-11-25(12-15)30(28,29)16-6-8-24(9-7-16)18(27)13-4-3-5-14(10-13)19(20,21)22/h2-5,10,15-16H,1,6-9,11-12H2,(H,23,26). The Bertz CT molecular complexity index is 935. The molecule has 1 aromatic carbocycles. The van der Waals surface area contributed by atoms with Gasteiger partial charge in [0.15, 0.2) is 0 Å². The van der Waals surface area contributed by atoms with E-state index in [1.165, 1.54) is 21.3 Å². The van der Waals surface area contributed by atoms with Gasteiger partial charge in [-0.15, -0.1) is 0 Å². The van der Waals surface area contributed by atoms with Crippen molar-refractivity contribution >= 4 is 21.8 Å². The first-order chi connectivity index (χ1) is 14.0. The molecule has 0 aromatic heterocycles. The number of benzene rings is 1. The first-order valence-corrected chi connectivity index (χ1v) is 10.9. The highest BCUT2D eigenvalue weighted by molar-refractivity contribution is 7.89. The highest BCUT2D eigenvalue weighted by atomic mass is 32.2. The van der Waals surface area contributed by atoms with Crippen LogP contribution >= 0.6 is 0 Å². The average Bonchev–Trinajstić information content (AvgIpc) is 2.69. The molecule has 0 atom stereocenters. The minimum absolute atomic E-state index is 0.0744. The van der Waals surface area contributed by atoms with Crippen molar-refractivity contribution < 1.29 is 31.2 Å². The molecule has 11 heteroatoms. The van der Waals surface area contributed by atoms with E-state index in [4.69, 9.17) is 0 Å². The van der Waals surface area contributed by atoms with Gasteiger partial charge < -0.3 is 10.2 Å². The largest absolute Gasteiger partial charge is 0.416 e. The third kappa shape index (κ3) is 4.67. The van der Waals surface area contributed by atoms with Crippen molar-refractivity contribution in [2.24, 2.45) is 0 Å². The Morgan fingerprint density at radius 2 is 1.80 bits per heavy atom. The number of hydrogen-bond donors (Lipinski definition) is 1. The summed E-state index contributed by atoms with van der Waals surface area (Å²) in [4.78, 5) is 25.2. The predicted molar refractivity (Wildman–Crippen MR) is 103 cm³/mol. The Morgan fingerprint density at radius 3 is 2.37 bits per heavy atom. The van der Waals surface area contributed by atoms with Gasteiger partial charge in [-0.25, -0.2) is 8.42 Å². The van der Waals surface area contributed by atoms with Gasteiger partial charge in [0, 0.05) is 31.7 Å². The topological polar surface area (TPSA) is 86.8 Å². The zero-order chi connectivity index (χ0) is 22.1. The smallest absolute Gasteiger partial charge is 0.347 e. The number of sulfonamides is 1. The third-order valence-electron chi connectivity index (χ3n) is 5.33. The van der Waals surface area contributed by atoms with Gasteiger partial charge in [-0.1, -0.05) is 12.6 Å². The van der Waals surface area contributed by atoms with E-state index in [2.05, 4.69) is 11.9 Å². The molecular formula is C19H22F3N3O4S. The average molecular weight is 445 g/mol. The van der Waals surface area contributed by atoms with E-state index < -0.39 is 32.9 Å². The van der Waals surface area contributed by atoms with E-state index in [1.54, 1.807) is 0 Å². The van der Waals surface area contributed by atoms with Crippen LogP contribution in [0, 0.1) is 0 Å². The first-order valence-electron chi connectivity index (χ1n) is 9.41. The monoisotopic (exact) mass is 445 g/mol. The molecule has 2 heterocycles. The van der Waals surface area contributed by atoms with Crippen LogP contribution in [-0.2, 0) is 21.0 Å². The number of piperidine rings is 1. The molecule has 2 saturated heterocycles. The number of carbonyl (C=O) groups excluding carboxylic acids is 2. The molecule has 3 rings (SSSR count). The molecule has 1 N–H and O–H groups in total.